The number of carbonyl (C=O) groups is 1. The summed E-state index contributed by atoms with van der Waals surface area (Å²) in [5.41, 5.74) is 5.94. The van der Waals surface area contributed by atoms with Crippen molar-refractivity contribution in [2.45, 2.75) is 18.9 Å². The number of amides is 1. The monoisotopic (exact) mass is 269 g/mol. The zero-order valence-electron chi connectivity index (χ0n) is 9.80. The molecule has 1 aliphatic heterocycles. The number of aromatic nitrogens is 1. The second kappa shape index (κ2) is 4.93. The second-order valence-electron chi connectivity index (χ2n) is 4.37. The minimum Gasteiger partial charge on any atom is -0.384 e. The van der Waals surface area contributed by atoms with Gasteiger partial charge in [0.25, 0.3) is 5.91 Å². The summed E-state index contributed by atoms with van der Waals surface area (Å²) >= 11 is 0. The van der Waals surface area contributed by atoms with Gasteiger partial charge in [0.05, 0.1) is 11.5 Å². The number of carbonyl (C=O) groups excluding carboxylic acids is 1. The maximum atomic E-state index is 11.9. The van der Waals surface area contributed by atoms with E-state index in [1.54, 1.807) is 6.07 Å². The van der Waals surface area contributed by atoms with Crippen LogP contribution in [0.25, 0.3) is 0 Å². The average Bonchev–Trinajstić information content (AvgIpc) is 2.32. The van der Waals surface area contributed by atoms with Crippen molar-refractivity contribution in [3.8, 4) is 0 Å². The zero-order chi connectivity index (χ0) is 13.2. The van der Waals surface area contributed by atoms with Gasteiger partial charge in [-0.15, -0.1) is 0 Å². The molecular weight excluding hydrogens is 254 g/mol. The van der Waals surface area contributed by atoms with Crippen LogP contribution in [0.1, 0.15) is 23.2 Å². The number of hydrogen-bond acceptors (Lipinski definition) is 5. The fourth-order valence-corrected chi connectivity index (χ4v) is 3.38. The molecule has 1 fully saturated rings. The van der Waals surface area contributed by atoms with Crippen molar-refractivity contribution in [1.82, 2.24) is 10.3 Å². The van der Waals surface area contributed by atoms with E-state index in [0.717, 1.165) is 0 Å². The number of hydrogen-bond donors (Lipinski definition) is 2. The van der Waals surface area contributed by atoms with Gasteiger partial charge in [-0.25, -0.2) is 13.4 Å². The van der Waals surface area contributed by atoms with Gasteiger partial charge in [0.1, 0.15) is 15.7 Å². The van der Waals surface area contributed by atoms with E-state index in [1.165, 1.54) is 12.3 Å². The van der Waals surface area contributed by atoms with Crippen LogP contribution in [-0.2, 0) is 9.84 Å². The molecule has 18 heavy (non-hydrogen) atoms. The van der Waals surface area contributed by atoms with Gasteiger partial charge in [-0.1, -0.05) is 0 Å². The molecule has 3 N–H and O–H groups in total. The summed E-state index contributed by atoms with van der Waals surface area (Å²) in [6.07, 6.45) is 2.40. The molecule has 7 heteroatoms. The molecule has 1 amide bonds. The topological polar surface area (TPSA) is 102 Å². The Morgan fingerprint density at radius 1 is 1.39 bits per heavy atom. The minimum absolute atomic E-state index is 0.0876. The van der Waals surface area contributed by atoms with E-state index in [4.69, 9.17) is 5.73 Å². The van der Waals surface area contributed by atoms with E-state index in [1.807, 2.05) is 0 Å². The van der Waals surface area contributed by atoms with Crippen LogP contribution in [0.2, 0.25) is 0 Å². The highest BCUT2D eigenvalue weighted by molar-refractivity contribution is 7.91. The van der Waals surface area contributed by atoms with Gasteiger partial charge in [0.15, 0.2) is 0 Å². The standard InChI is InChI=1S/C11H15N3O3S/c12-10-7-8(1-4-13-10)11(15)14-9-2-5-18(16,17)6-3-9/h1,4,7,9H,2-3,5-6H2,(H2,12,13)(H,14,15). The predicted octanol–water partition coefficient (Wildman–Crippen LogP) is -0.0292. The maximum Gasteiger partial charge on any atom is 0.251 e. The maximum absolute atomic E-state index is 11.9. The molecule has 0 aliphatic carbocycles. The van der Waals surface area contributed by atoms with Gasteiger partial charge >= 0.3 is 0 Å². The van der Waals surface area contributed by atoms with Crippen molar-refractivity contribution in [2.75, 3.05) is 17.2 Å². The van der Waals surface area contributed by atoms with Crippen LogP contribution in [0.4, 0.5) is 5.82 Å². The quantitative estimate of drug-likeness (QED) is 0.785. The van der Waals surface area contributed by atoms with Gasteiger partial charge < -0.3 is 11.1 Å². The summed E-state index contributed by atoms with van der Waals surface area (Å²) in [6.45, 7) is 0. The first-order chi connectivity index (χ1) is 8.46. The Balaban J connectivity index is 1.97. The Labute approximate surface area is 106 Å². The third kappa shape index (κ3) is 3.19. The second-order valence-corrected chi connectivity index (χ2v) is 6.67. The molecule has 0 saturated carbocycles. The van der Waals surface area contributed by atoms with Crippen molar-refractivity contribution >= 4 is 21.6 Å². The van der Waals surface area contributed by atoms with Crippen LogP contribution in [0.5, 0.6) is 0 Å². The van der Waals surface area contributed by atoms with Crippen molar-refractivity contribution in [3.05, 3.63) is 23.9 Å². The fraction of sp³-hybridized carbons (Fsp3) is 0.455. The number of sulfone groups is 1. The van der Waals surface area contributed by atoms with E-state index >= 15 is 0 Å². The Bertz CT molecular complexity index is 542. The number of nitrogens with zero attached hydrogens (tertiary/aromatic N) is 1. The van der Waals surface area contributed by atoms with Gasteiger partial charge in [-0.05, 0) is 25.0 Å². The Kier molecular flexibility index (Phi) is 3.51. The van der Waals surface area contributed by atoms with Gasteiger partial charge in [0, 0.05) is 17.8 Å². The molecule has 0 spiro atoms. The third-order valence-electron chi connectivity index (χ3n) is 2.93. The number of anilines is 1. The molecule has 0 atom stereocenters. The molecule has 2 heterocycles. The van der Waals surface area contributed by atoms with Crippen LogP contribution < -0.4 is 11.1 Å². The van der Waals surface area contributed by atoms with E-state index in [2.05, 4.69) is 10.3 Å². The molecule has 6 nitrogen and oxygen atoms in total. The molecule has 0 unspecified atom stereocenters. The van der Waals surface area contributed by atoms with Crippen LogP contribution in [0.3, 0.4) is 0 Å². The van der Waals surface area contributed by atoms with E-state index < -0.39 is 9.84 Å². The summed E-state index contributed by atoms with van der Waals surface area (Å²) in [7, 11) is -2.90. The zero-order valence-corrected chi connectivity index (χ0v) is 10.6. The van der Waals surface area contributed by atoms with E-state index in [9.17, 15) is 13.2 Å². The Morgan fingerprint density at radius 2 is 2.06 bits per heavy atom. The van der Waals surface area contributed by atoms with Crippen molar-refractivity contribution in [2.24, 2.45) is 0 Å². The SMILES string of the molecule is Nc1cc(C(=O)NC2CCS(=O)(=O)CC2)ccn1. The number of pyridine rings is 1. The highest BCUT2D eigenvalue weighted by Crippen LogP contribution is 2.13. The minimum atomic E-state index is -2.90. The van der Waals surface area contributed by atoms with Crippen LogP contribution >= 0.6 is 0 Å². The first kappa shape index (κ1) is 12.8. The van der Waals surface area contributed by atoms with Crippen LogP contribution in [0, 0.1) is 0 Å². The lowest BCUT2D eigenvalue weighted by atomic mass is 10.1. The smallest absolute Gasteiger partial charge is 0.251 e. The average molecular weight is 269 g/mol. The summed E-state index contributed by atoms with van der Waals surface area (Å²) < 4.78 is 22.5. The van der Waals surface area contributed by atoms with Crippen molar-refractivity contribution < 1.29 is 13.2 Å². The molecule has 0 bridgehead atoms. The predicted molar refractivity (Wildman–Crippen MR) is 67.8 cm³/mol. The van der Waals surface area contributed by atoms with Gasteiger partial charge in [-0.3, -0.25) is 4.79 Å². The Morgan fingerprint density at radius 3 is 2.67 bits per heavy atom. The molecule has 0 aromatic carbocycles. The van der Waals surface area contributed by atoms with Crippen molar-refractivity contribution in [3.63, 3.8) is 0 Å². The number of nitrogens with two attached hydrogens (primary N) is 1. The summed E-state index contributed by atoms with van der Waals surface area (Å²) in [5.74, 6) is 0.314. The van der Waals surface area contributed by atoms with Crippen LogP contribution in [-0.4, -0.2) is 36.9 Å². The third-order valence-corrected chi connectivity index (χ3v) is 4.65. The van der Waals surface area contributed by atoms with Crippen LogP contribution in [0.15, 0.2) is 18.3 Å². The largest absolute Gasteiger partial charge is 0.384 e. The van der Waals surface area contributed by atoms with E-state index in [-0.39, 0.29) is 29.3 Å². The Hall–Kier alpha value is -1.63. The molecule has 0 radical (unpaired) electrons. The molecule has 1 aliphatic rings. The number of nitrogens with one attached hydrogen (secondary N) is 1. The van der Waals surface area contributed by atoms with Gasteiger partial charge in [0.2, 0.25) is 0 Å². The normalized spacial score (nSPS) is 19.3. The molecule has 98 valence electrons. The molecular formula is C11H15N3O3S. The lowest BCUT2D eigenvalue weighted by Crippen LogP contribution is -2.40. The lowest BCUT2D eigenvalue weighted by Gasteiger charge is -2.23. The number of nitrogen functional groups attached to an aromatic ring is 1. The molecule has 2 rings (SSSR count). The van der Waals surface area contributed by atoms with Crippen molar-refractivity contribution in [1.29, 1.82) is 0 Å². The molecule has 1 aromatic heterocycles. The molecule has 1 saturated heterocycles. The summed E-state index contributed by atoms with van der Waals surface area (Å²) in [4.78, 5) is 15.7. The molecule has 1 aromatic rings. The van der Waals surface area contributed by atoms with E-state index in [0.29, 0.717) is 18.4 Å². The number of rotatable bonds is 2. The summed E-state index contributed by atoms with van der Waals surface area (Å²) in [5, 5.41) is 2.81. The first-order valence-corrected chi connectivity index (χ1v) is 7.51. The highest BCUT2D eigenvalue weighted by Gasteiger charge is 2.24. The lowest BCUT2D eigenvalue weighted by molar-refractivity contribution is 0.0934. The highest BCUT2D eigenvalue weighted by atomic mass is 32.2. The van der Waals surface area contributed by atoms with Gasteiger partial charge in [-0.2, -0.15) is 0 Å². The first-order valence-electron chi connectivity index (χ1n) is 5.69. The summed E-state index contributed by atoms with van der Waals surface area (Å²) in [6, 6.07) is 2.98. The fourth-order valence-electron chi connectivity index (χ4n) is 1.89.